The van der Waals surface area contributed by atoms with E-state index < -0.39 is 0 Å². The summed E-state index contributed by atoms with van der Waals surface area (Å²) in [5.41, 5.74) is 6.17. The van der Waals surface area contributed by atoms with Gasteiger partial charge in [0.25, 0.3) is 0 Å². The van der Waals surface area contributed by atoms with Crippen LogP contribution in [0.5, 0.6) is 0 Å². The molecule has 0 aliphatic carbocycles. The number of aromatic nitrogens is 1. The Balaban J connectivity index is 1.85. The Bertz CT molecular complexity index is 736. The molecule has 1 aromatic heterocycles. The van der Waals surface area contributed by atoms with Gasteiger partial charge in [0.2, 0.25) is 0 Å². The lowest BCUT2D eigenvalue weighted by atomic mass is 10.1. The lowest BCUT2D eigenvalue weighted by Gasteiger charge is -2.11. The lowest BCUT2D eigenvalue weighted by Crippen LogP contribution is -2.01. The van der Waals surface area contributed by atoms with Crippen molar-refractivity contribution in [3.05, 3.63) is 63.8 Å². The van der Waals surface area contributed by atoms with Gasteiger partial charge in [-0.3, -0.25) is 0 Å². The van der Waals surface area contributed by atoms with Crippen molar-refractivity contribution in [1.29, 1.82) is 0 Å². The molecule has 0 aliphatic rings. The summed E-state index contributed by atoms with van der Waals surface area (Å²) in [6.07, 6.45) is 1.99. The molecule has 0 radical (unpaired) electrons. The summed E-state index contributed by atoms with van der Waals surface area (Å²) in [6.45, 7) is 5.06. The van der Waals surface area contributed by atoms with Gasteiger partial charge in [0.1, 0.15) is 0 Å². The normalized spacial score (nSPS) is 10.9. The van der Waals surface area contributed by atoms with E-state index in [1.807, 2.05) is 6.20 Å². The van der Waals surface area contributed by atoms with Gasteiger partial charge in [0, 0.05) is 22.9 Å². The summed E-state index contributed by atoms with van der Waals surface area (Å²) in [6, 6.07) is 12.8. The van der Waals surface area contributed by atoms with Gasteiger partial charge in [-0.25, -0.2) is 0 Å². The molecule has 2 N–H and O–H groups in total. The van der Waals surface area contributed by atoms with E-state index in [2.05, 4.69) is 76.5 Å². The first kappa shape index (κ1) is 13.3. The third-order valence-electron chi connectivity index (χ3n) is 3.59. The molecule has 0 fully saturated rings. The van der Waals surface area contributed by atoms with Gasteiger partial charge in [0.05, 0.1) is 5.52 Å². The number of benzene rings is 2. The summed E-state index contributed by atoms with van der Waals surface area (Å²) in [5.74, 6) is 0. The van der Waals surface area contributed by atoms with Crippen LogP contribution in [0, 0.1) is 13.8 Å². The van der Waals surface area contributed by atoms with E-state index in [0.717, 1.165) is 12.2 Å². The van der Waals surface area contributed by atoms with Crippen LogP contribution in [0.1, 0.15) is 16.7 Å². The minimum atomic E-state index is 0.818. The molecule has 3 rings (SSSR count). The number of para-hydroxylation sites is 1. The molecule has 3 aromatic rings. The zero-order valence-electron chi connectivity index (χ0n) is 11.6. The van der Waals surface area contributed by atoms with Gasteiger partial charge < -0.3 is 10.3 Å². The monoisotopic (exact) mass is 328 g/mol. The first-order valence-electron chi connectivity index (χ1n) is 6.71. The molecule has 0 saturated carbocycles. The van der Waals surface area contributed by atoms with Crippen LogP contribution in [-0.2, 0) is 6.54 Å². The van der Waals surface area contributed by atoms with Gasteiger partial charge in [0.15, 0.2) is 0 Å². The van der Waals surface area contributed by atoms with E-state index in [0.29, 0.717) is 0 Å². The lowest BCUT2D eigenvalue weighted by molar-refractivity contribution is 1.15. The Kier molecular flexibility index (Phi) is 3.53. The molecule has 0 amide bonds. The third-order valence-corrected chi connectivity index (χ3v) is 4.84. The quantitative estimate of drug-likeness (QED) is 0.682. The zero-order valence-corrected chi connectivity index (χ0v) is 13.2. The number of rotatable bonds is 3. The maximum atomic E-state index is 3.60. The minimum absolute atomic E-state index is 0.818. The maximum absolute atomic E-state index is 3.60. The molecule has 0 bridgehead atoms. The first-order chi connectivity index (χ1) is 9.65. The highest BCUT2D eigenvalue weighted by molar-refractivity contribution is 9.10. The summed E-state index contributed by atoms with van der Waals surface area (Å²) in [7, 11) is 0. The number of H-pyrrole nitrogens is 1. The van der Waals surface area contributed by atoms with Gasteiger partial charge in [-0.1, -0.05) is 34.1 Å². The van der Waals surface area contributed by atoms with Crippen LogP contribution >= 0.6 is 15.9 Å². The van der Waals surface area contributed by atoms with Crippen LogP contribution in [0.25, 0.3) is 10.9 Å². The highest BCUT2D eigenvalue weighted by Gasteiger charge is 2.04. The van der Waals surface area contributed by atoms with E-state index in [1.54, 1.807) is 0 Å². The third kappa shape index (κ3) is 2.46. The van der Waals surface area contributed by atoms with Gasteiger partial charge >= 0.3 is 0 Å². The summed E-state index contributed by atoms with van der Waals surface area (Å²) in [4.78, 5) is 3.31. The standard InChI is InChI=1S/C17H17BrN2/c1-11-8-15(9-12(2)16(11)18)20-10-14-5-3-4-13-6-7-19-17(13)14/h3-9,19-20H,10H2,1-2H3. The first-order valence-corrected chi connectivity index (χ1v) is 7.50. The minimum Gasteiger partial charge on any atom is -0.381 e. The van der Waals surface area contributed by atoms with Crippen molar-refractivity contribution in [2.24, 2.45) is 0 Å². The molecule has 0 saturated heterocycles. The van der Waals surface area contributed by atoms with Crippen LogP contribution in [0.15, 0.2) is 47.1 Å². The second-order valence-electron chi connectivity index (χ2n) is 5.14. The van der Waals surface area contributed by atoms with Crippen molar-refractivity contribution in [2.45, 2.75) is 20.4 Å². The maximum Gasteiger partial charge on any atom is 0.0504 e. The number of aryl methyl sites for hydroxylation is 2. The SMILES string of the molecule is Cc1cc(NCc2cccc3cc[nH]c23)cc(C)c1Br. The molecule has 0 unspecified atom stereocenters. The van der Waals surface area contributed by atoms with Crippen molar-refractivity contribution >= 4 is 32.5 Å². The fourth-order valence-corrected chi connectivity index (χ4v) is 2.77. The van der Waals surface area contributed by atoms with Crippen molar-refractivity contribution in [2.75, 3.05) is 5.32 Å². The van der Waals surface area contributed by atoms with E-state index in [9.17, 15) is 0 Å². The second kappa shape index (κ2) is 5.33. The number of anilines is 1. The van der Waals surface area contributed by atoms with Crippen LogP contribution in [0.2, 0.25) is 0 Å². The highest BCUT2D eigenvalue weighted by atomic mass is 79.9. The van der Waals surface area contributed by atoms with E-state index in [4.69, 9.17) is 0 Å². The molecule has 0 aliphatic heterocycles. The summed E-state index contributed by atoms with van der Waals surface area (Å²) in [5, 5.41) is 4.77. The molecule has 3 heteroatoms. The molecule has 2 nitrogen and oxygen atoms in total. The second-order valence-corrected chi connectivity index (χ2v) is 5.93. The number of fused-ring (bicyclic) bond motifs is 1. The Morgan fingerprint density at radius 3 is 2.60 bits per heavy atom. The van der Waals surface area contributed by atoms with E-state index in [-0.39, 0.29) is 0 Å². The fourth-order valence-electron chi connectivity index (χ4n) is 2.54. The van der Waals surface area contributed by atoms with Crippen LogP contribution in [0.3, 0.4) is 0 Å². The topological polar surface area (TPSA) is 27.8 Å². The fraction of sp³-hybridized carbons (Fsp3) is 0.176. The van der Waals surface area contributed by atoms with Crippen LogP contribution < -0.4 is 5.32 Å². The molecular weight excluding hydrogens is 312 g/mol. The smallest absolute Gasteiger partial charge is 0.0504 e. The van der Waals surface area contributed by atoms with Crippen molar-refractivity contribution < 1.29 is 0 Å². The predicted molar refractivity (Wildman–Crippen MR) is 89.2 cm³/mol. The van der Waals surface area contributed by atoms with Gasteiger partial charge in [-0.15, -0.1) is 0 Å². The predicted octanol–water partition coefficient (Wildman–Crippen LogP) is 5.16. The van der Waals surface area contributed by atoms with Crippen molar-refractivity contribution in [3.63, 3.8) is 0 Å². The molecule has 0 spiro atoms. The highest BCUT2D eigenvalue weighted by Crippen LogP contribution is 2.26. The largest absolute Gasteiger partial charge is 0.381 e. The Hall–Kier alpha value is -1.74. The van der Waals surface area contributed by atoms with E-state index >= 15 is 0 Å². The summed E-state index contributed by atoms with van der Waals surface area (Å²) < 4.78 is 1.19. The molecule has 2 aromatic carbocycles. The summed E-state index contributed by atoms with van der Waals surface area (Å²) >= 11 is 3.60. The number of hydrogen-bond donors (Lipinski definition) is 2. The van der Waals surface area contributed by atoms with Crippen LogP contribution in [0.4, 0.5) is 5.69 Å². The van der Waals surface area contributed by atoms with E-state index in [1.165, 1.54) is 32.1 Å². The van der Waals surface area contributed by atoms with Crippen molar-refractivity contribution in [3.8, 4) is 0 Å². The number of hydrogen-bond acceptors (Lipinski definition) is 1. The van der Waals surface area contributed by atoms with Crippen molar-refractivity contribution in [1.82, 2.24) is 4.98 Å². The van der Waals surface area contributed by atoms with Gasteiger partial charge in [-0.2, -0.15) is 0 Å². The molecule has 20 heavy (non-hydrogen) atoms. The molecule has 1 heterocycles. The average molecular weight is 329 g/mol. The van der Waals surface area contributed by atoms with Crippen LogP contribution in [-0.4, -0.2) is 4.98 Å². The zero-order chi connectivity index (χ0) is 14.1. The molecule has 102 valence electrons. The number of aromatic amines is 1. The number of nitrogens with one attached hydrogen (secondary N) is 2. The van der Waals surface area contributed by atoms with Gasteiger partial charge in [-0.05, 0) is 54.1 Å². The Morgan fingerprint density at radius 1 is 1.10 bits per heavy atom. The Morgan fingerprint density at radius 2 is 1.85 bits per heavy atom. The molecular formula is C17H17BrN2. The Labute approximate surface area is 127 Å². The average Bonchev–Trinajstić information content (AvgIpc) is 2.91. The molecule has 0 atom stereocenters. The number of halogens is 1.